The number of rotatable bonds is 5. The summed E-state index contributed by atoms with van der Waals surface area (Å²) in [6.45, 7) is 1.47. The Balaban J connectivity index is 1.81. The van der Waals surface area contributed by atoms with Crippen LogP contribution in [0.4, 0.5) is 10.1 Å². The largest absolute Gasteiger partial charge is 0.455 e. The zero-order valence-corrected chi connectivity index (χ0v) is 15.0. The molecule has 1 aliphatic carbocycles. The predicted octanol–water partition coefficient (Wildman–Crippen LogP) is 3.11. The van der Waals surface area contributed by atoms with Gasteiger partial charge in [0.05, 0.1) is 0 Å². The fourth-order valence-corrected chi connectivity index (χ4v) is 3.61. The summed E-state index contributed by atoms with van der Waals surface area (Å²) in [5, 5.41) is 2.53. The third kappa shape index (κ3) is 3.45. The molecule has 1 amide bonds. The molecule has 1 N–H and O–H groups in total. The molecule has 0 spiro atoms. The van der Waals surface area contributed by atoms with Crippen LogP contribution in [-0.2, 0) is 10.0 Å². The molecule has 0 radical (unpaired) electrons. The first-order valence-electron chi connectivity index (χ1n) is 7.84. The van der Waals surface area contributed by atoms with Crippen molar-refractivity contribution in [3.05, 3.63) is 47.2 Å². The molecule has 134 valence electrons. The lowest BCUT2D eigenvalue weighted by Gasteiger charge is -2.09. The lowest BCUT2D eigenvalue weighted by molar-refractivity contribution is 0.0995. The molecular weight excluding hydrogens is 347 g/mol. The number of hydrogen-bond acceptors (Lipinski definition) is 4. The third-order valence-electron chi connectivity index (χ3n) is 4.13. The Kier molecular flexibility index (Phi) is 4.42. The maximum atomic E-state index is 14.0. The lowest BCUT2D eigenvalue weighted by atomic mass is 10.1. The van der Waals surface area contributed by atoms with Crippen molar-refractivity contribution in [1.29, 1.82) is 0 Å². The summed E-state index contributed by atoms with van der Waals surface area (Å²) >= 11 is 0. The van der Waals surface area contributed by atoms with E-state index in [4.69, 9.17) is 4.42 Å². The second kappa shape index (κ2) is 6.27. The number of benzene rings is 1. The monoisotopic (exact) mass is 366 g/mol. The maximum absolute atomic E-state index is 14.0. The van der Waals surface area contributed by atoms with E-state index in [2.05, 4.69) is 5.32 Å². The zero-order valence-electron chi connectivity index (χ0n) is 14.2. The molecule has 2 aromatic rings. The minimum atomic E-state index is -3.71. The average Bonchev–Trinajstić information content (AvgIpc) is 3.28. The normalized spacial score (nSPS) is 14.8. The molecule has 25 heavy (non-hydrogen) atoms. The third-order valence-corrected chi connectivity index (χ3v) is 6.05. The topological polar surface area (TPSA) is 79.6 Å². The smallest absolute Gasteiger partial charge is 0.291 e. The molecule has 6 nitrogen and oxygen atoms in total. The van der Waals surface area contributed by atoms with E-state index in [9.17, 15) is 17.6 Å². The van der Waals surface area contributed by atoms with Gasteiger partial charge in [0.2, 0.25) is 10.0 Å². The Morgan fingerprint density at radius 3 is 2.52 bits per heavy atom. The first-order valence-corrected chi connectivity index (χ1v) is 9.28. The van der Waals surface area contributed by atoms with Gasteiger partial charge in [-0.3, -0.25) is 4.79 Å². The van der Waals surface area contributed by atoms with Gasteiger partial charge in [-0.1, -0.05) is 6.07 Å². The van der Waals surface area contributed by atoms with Crippen molar-refractivity contribution < 1.29 is 22.0 Å². The molecule has 1 fully saturated rings. The van der Waals surface area contributed by atoms with Gasteiger partial charge in [0.15, 0.2) is 5.76 Å². The van der Waals surface area contributed by atoms with Crippen LogP contribution in [0.1, 0.15) is 40.6 Å². The number of aryl methyl sites for hydroxylation is 1. The Morgan fingerprint density at radius 2 is 1.96 bits per heavy atom. The first kappa shape index (κ1) is 17.6. The molecule has 1 aliphatic rings. The number of halogens is 1. The van der Waals surface area contributed by atoms with E-state index in [-0.39, 0.29) is 33.8 Å². The highest BCUT2D eigenvalue weighted by Crippen LogP contribution is 2.41. The summed E-state index contributed by atoms with van der Waals surface area (Å²) in [6.07, 6.45) is 1.97. The highest BCUT2D eigenvalue weighted by molar-refractivity contribution is 7.89. The predicted molar refractivity (Wildman–Crippen MR) is 90.6 cm³/mol. The van der Waals surface area contributed by atoms with Crippen molar-refractivity contribution in [3.63, 3.8) is 0 Å². The van der Waals surface area contributed by atoms with Crippen LogP contribution in [-0.4, -0.2) is 32.7 Å². The van der Waals surface area contributed by atoms with Crippen LogP contribution < -0.4 is 5.32 Å². The fraction of sp³-hybridized carbons (Fsp3) is 0.353. The van der Waals surface area contributed by atoms with Crippen LogP contribution in [0.25, 0.3) is 0 Å². The molecule has 0 bridgehead atoms. The van der Waals surface area contributed by atoms with Crippen molar-refractivity contribution in [2.75, 3.05) is 19.4 Å². The first-order chi connectivity index (χ1) is 11.7. The Morgan fingerprint density at radius 1 is 1.28 bits per heavy atom. The van der Waals surface area contributed by atoms with Gasteiger partial charge >= 0.3 is 0 Å². The van der Waals surface area contributed by atoms with Gasteiger partial charge < -0.3 is 9.73 Å². The van der Waals surface area contributed by atoms with Crippen LogP contribution in [0.2, 0.25) is 0 Å². The van der Waals surface area contributed by atoms with Gasteiger partial charge in [-0.15, -0.1) is 0 Å². The molecule has 1 aromatic heterocycles. The minimum Gasteiger partial charge on any atom is -0.455 e. The lowest BCUT2D eigenvalue weighted by Crippen LogP contribution is -2.22. The van der Waals surface area contributed by atoms with Crippen LogP contribution in [0.5, 0.6) is 0 Å². The second-order valence-electron chi connectivity index (χ2n) is 6.28. The number of nitrogens with zero attached hydrogens (tertiary/aromatic N) is 1. The van der Waals surface area contributed by atoms with Gasteiger partial charge in [0.25, 0.3) is 5.91 Å². The number of nitrogens with one attached hydrogen (secondary N) is 1. The van der Waals surface area contributed by atoms with E-state index in [1.165, 1.54) is 33.2 Å². The molecule has 0 atom stereocenters. The number of furan rings is 1. The molecular formula is C17H19FN2O4S. The van der Waals surface area contributed by atoms with Gasteiger partial charge in [0.1, 0.15) is 16.5 Å². The Hall–Kier alpha value is -2.19. The summed E-state index contributed by atoms with van der Waals surface area (Å²) < 4.78 is 44.7. The van der Waals surface area contributed by atoms with Crippen molar-refractivity contribution in [3.8, 4) is 0 Å². The molecule has 3 rings (SSSR count). The quantitative estimate of drug-likeness (QED) is 0.882. The number of carbonyl (C=O) groups is 1. The van der Waals surface area contributed by atoms with Gasteiger partial charge in [-0.25, -0.2) is 17.1 Å². The van der Waals surface area contributed by atoms with Gasteiger partial charge in [0, 0.05) is 25.8 Å². The van der Waals surface area contributed by atoms with Gasteiger partial charge in [-0.2, -0.15) is 0 Å². The second-order valence-corrected chi connectivity index (χ2v) is 8.40. The van der Waals surface area contributed by atoms with Crippen LogP contribution in [0, 0.1) is 12.7 Å². The number of amides is 1. The maximum Gasteiger partial charge on any atom is 0.291 e. The Labute approximate surface area is 145 Å². The molecule has 1 aromatic carbocycles. The average molecular weight is 366 g/mol. The van der Waals surface area contributed by atoms with Crippen LogP contribution in [0.3, 0.4) is 0 Å². The standard InChI is InChI=1S/C17H19FN2O4S/c1-10-16(25(22,23)20(2)3)9-15(24-10)17(21)19-12-6-7-13(11-4-5-11)14(18)8-12/h6-9,11H,4-5H2,1-3H3,(H,19,21). The zero-order chi connectivity index (χ0) is 18.4. The van der Waals surface area contributed by atoms with Gasteiger partial charge in [-0.05, 0) is 43.4 Å². The highest BCUT2D eigenvalue weighted by Gasteiger charge is 2.27. The van der Waals surface area contributed by atoms with Crippen molar-refractivity contribution in [1.82, 2.24) is 4.31 Å². The molecule has 0 saturated heterocycles. The fourth-order valence-electron chi connectivity index (χ4n) is 2.55. The molecule has 8 heteroatoms. The molecule has 1 heterocycles. The summed E-state index contributed by atoms with van der Waals surface area (Å²) in [5.41, 5.74) is 0.948. The Bertz CT molecular complexity index is 930. The van der Waals surface area contributed by atoms with E-state index in [0.29, 0.717) is 5.56 Å². The summed E-state index contributed by atoms with van der Waals surface area (Å²) in [5.74, 6) is -0.747. The number of carbonyl (C=O) groups excluding carboxylic acids is 1. The number of anilines is 1. The van der Waals surface area contributed by atoms with E-state index in [0.717, 1.165) is 17.1 Å². The molecule has 0 unspecified atom stereocenters. The van der Waals surface area contributed by atoms with E-state index >= 15 is 0 Å². The van der Waals surface area contributed by atoms with E-state index in [1.54, 1.807) is 12.1 Å². The van der Waals surface area contributed by atoms with Crippen molar-refractivity contribution in [2.45, 2.75) is 30.6 Å². The van der Waals surface area contributed by atoms with E-state index in [1.807, 2.05) is 0 Å². The highest BCUT2D eigenvalue weighted by atomic mass is 32.2. The SMILES string of the molecule is Cc1oc(C(=O)Nc2ccc(C3CC3)c(F)c2)cc1S(=O)(=O)N(C)C. The van der Waals surface area contributed by atoms with Crippen molar-refractivity contribution in [2.24, 2.45) is 0 Å². The van der Waals surface area contributed by atoms with Crippen molar-refractivity contribution >= 4 is 21.6 Å². The number of sulfonamides is 1. The summed E-state index contributed by atoms with van der Waals surface area (Å²) in [7, 11) is -0.919. The van der Waals surface area contributed by atoms with Crippen LogP contribution >= 0.6 is 0 Å². The summed E-state index contributed by atoms with van der Waals surface area (Å²) in [4.78, 5) is 12.2. The molecule has 1 saturated carbocycles. The molecule has 0 aliphatic heterocycles. The van der Waals surface area contributed by atoms with Crippen LogP contribution in [0.15, 0.2) is 33.6 Å². The minimum absolute atomic E-state index is 0.0714. The summed E-state index contributed by atoms with van der Waals surface area (Å²) in [6, 6.07) is 5.73. The number of hydrogen-bond donors (Lipinski definition) is 1. The van der Waals surface area contributed by atoms with E-state index < -0.39 is 15.9 Å².